The maximum atomic E-state index is 12.7. The summed E-state index contributed by atoms with van der Waals surface area (Å²) in [6.07, 6.45) is 4.53. The van der Waals surface area contributed by atoms with Crippen molar-refractivity contribution in [1.29, 1.82) is 0 Å². The normalized spacial score (nSPS) is 20.5. The second-order valence-electron chi connectivity index (χ2n) is 10.0. The van der Waals surface area contributed by atoms with E-state index in [4.69, 9.17) is 4.74 Å². The summed E-state index contributed by atoms with van der Waals surface area (Å²) in [5.41, 5.74) is -0.646. The van der Waals surface area contributed by atoms with Gasteiger partial charge in [-0.3, -0.25) is 9.59 Å². The highest BCUT2D eigenvalue weighted by atomic mass is 32.2. The Labute approximate surface area is 201 Å². The van der Waals surface area contributed by atoms with Crippen LogP contribution in [0.4, 0.5) is 4.79 Å². The van der Waals surface area contributed by atoms with Crippen molar-refractivity contribution in [2.75, 3.05) is 18.6 Å². The third-order valence-electron chi connectivity index (χ3n) is 5.63. The number of thioether (sulfide) groups is 1. The molecule has 2 atom stereocenters. The minimum absolute atomic E-state index is 0.106. The van der Waals surface area contributed by atoms with Crippen LogP contribution in [0, 0.1) is 17.8 Å². The van der Waals surface area contributed by atoms with Crippen LogP contribution in [-0.4, -0.2) is 65.2 Å². The predicted molar refractivity (Wildman–Crippen MR) is 129 cm³/mol. The van der Waals surface area contributed by atoms with Gasteiger partial charge in [-0.2, -0.15) is 11.8 Å². The molecule has 0 aliphatic heterocycles. The molecule has 0 radical (unpaired) electrons. The van der Waals surface area contributed by atoms with Gasteiger partial charge in [-0.15, -0.1) is 0 Å². The number of nitrogens with one attached hydrogen (secondary N) is 3. The third kappa shape index (κ3) is 11.1. The smallest absolute Gasteiger partial charge is 0.408 e. The van der Waals surface area contributed by atoms with Gasteiger partial charge in [0.15, 0.2) is 0 Å². The Bertz CT molecular complexity index is 672. The van der Waals surface area contributed by atoms with E-state index in [1.54, 1.807) is 32.5 Å². The van der Waals surface area contributed by atoms with Crippen molar-refractivity contribution in [2.45, 2.75) is 84.4 Å². The molecule has 10 heteroatoms. The molecular weight excluding hydrogens is 446 g/mol. The van der Waals surface area contributed by atoms with Gasteiger partial charge in [0, 0.05) is 12.5 Å². The molecule has 0 bridgehead atoms. The summed E-state index contributed by atoms with van der Waals surface area (Å²) >= 11 is 1.55. The molecule has 0 spiro atoms. The monoisotopic (exact) mass is 487 g/mol. The molecule has 190 valence electrons. The lowest BCUT2D eigenvalue weighted by Gasteiger charge is -2.30. The van der Waals surface area contributed by atoms with Gasteiger partial charge in [-0.1, -0.05) is 13.8 Å². The molecule has 9 nitrogen and oxygen atoms in total. The van der Waals surface area contributed by atoms with E-state index in [0.717, 1.165) is 12.8 Å². The SMILES string of the molecule is CSCCC(NC(=O)C1CCC(CNC(=O)C(NC(=O)OC(C)(C)C)C(C)C)CC1)C(=O)O. The summed E-state index contributed by atoms with van der Waals surface area (Å²) in [6, 6.07) is -1.55. The molecule has 0 saturated heterocycles. The van der Waals surface area contributed by atoms with Crippen molar-refractivity contribution in [3.8, 4) is 0 Å². The highest BCUT2D eigenvalue weighted by Crippen LogP contribution is 2.28. The summed E-state index contributed by atoms with van der Waals surface area (Å²) in [7, 11) is 0. The number of aliphatic carboxylic acids is 1. The number of ether oxygens (including phenoxy) is 1. The Morgan fingerprint density at radius 1 is 1.06 bits per heavy atom. The Morgan fingerprint density at radius 3 is 2.15 bits per heavy atom. The molecule has 0 aromatic rings. The van der Waals surface area contributed by atoms with Crippen molar-refractivity contribution in [2.24, 2.45) is 17.8 Å². The summed E-state index contributed by atoms with van der Waals surface area (Å²) in [4.78, 5) is 48.6. The first-order valence-electron chi connectivity index (χ1n) is 11.6. The van der Waals surface area contributed by atoms with Gasteiger partial charge < -0.3 is 25.8 Å². The molecule has 1 fully saturated rings. The van der Waals surface area contributed by atoms with Crippen molar-refractivity contribution >= 4 is 35.6 Å². The van der Waals surface area contributed by atoms with E-state index in [1.165, 1.54) is 0 Å². The second kappa shape index (κ2) is 13.7. The summed E-state index contributed by atoms with van der Waals surface area (Å²) in [6.45, 7) is 9.47. The molecule has 0 aromatic carbocycles. The fourth-order valence-electron chi connectivity index (χ4n) is 3.74. The van der Waals surface area contributed by atoms with E-state index in [1.807, 2.05) is 20.1 Å². The van der Waals surface area contributed by atoms with E-state index in [2.05, 4.69) is 16.0 Å². The Hall–Kier alpha value is -1.97. The zero-order chi connectivity index (χ0) is 25.2. The first kappa shape index (κ1) is 29.1. The number of rotatable bonds is 11. The van der Waals surface area contributed by atoms with Crippen LogP contribution in [0.2, 0.25) is 0 Å². The highest BCUT2D eigenvalue weighted by molar-refractivity contribution is 7.98. The minimum atomic E-state index is -1.01. The molecule has 2 unspecified atom stereocenters. The van der Waals surface area contributed by atoms with E-state index in [0.29, 0.717) is 31.6 Å². The zero-order valence-electron chi connectivity index (χ0n) is 20.7. The van der Waals surface area contributed by atoms with Crippen LogP contribution in [0.5, 0.6) is 0 Å². The van der Waals surface area contributed by atoms with Crippen LogP contribution in [0.15, 0.2) is 0 Å². The first-order valence-corrected chi connectivity index (χ1v) is 13.0. The van der Waals surface area contributed by atoms with E-state index in [-0.39, 0.29) is 29.6 Å². The molecule has 0 heterocycles. The summed E-state index contributed by atoms with van der Waals surface area (Å²) in [5.74, 6) is -0.867. The number of carbonyl (C=O) groups is 4. The molecule has 0 aromatic heterocycles. The van der Waals surface area contributed by atoms with Crippen LogP contribution in [0.25, 0.3) is 0 Å². The fraction of sp³-hybridized carbons (Fsp3) is 0.826. The van der Waals surface area contributed by atoms with Gasteiger partial charge in [-0.25, -0.2) is 9.59 Å². The van der Waals surface area contributed by atoms with E-state index in [9.17, 15) is 24.3 Å². The maximum Gasteiger partial charge on any atom is 0.408 e. The van der Waals surface area contributed by atoms with Gasteiger partial charge in [-0.05, 0) is 76.7 Å². The molecule has 4 N–H and O–H groups in total. The largest absolute Gasteiger partial charge is 0.480 e. The number of carboxylic acids is 1. The molecular formula is C23H41N3O6S. The number of amides is 3. The average Bonchev–Trinajstić information content (AvgIpc) is 2.71. The first-order chi connectivity index (χ1) is 15.3. The molecule has 1 rings (SSSR count). The lowest BCUT2D eigenvalue weighted by molar-refractivity contribution is -0.142. The van der Waals surface area contributed by atoms with Crippen LogP contribution in [0.3, 0.4) is 0 Å². The van der Waals surface area contributed by atoms with Gasteiger partial charge in [0.25, 0.3) is 0 Å². The molecule has 1 aliphatic rings. The lowest BCUT2D eigenvalue weighted by Crippen LogP contribution is -2.51. The van der Waals surface area contributed by atoms with Crippen molar-refractivity contribution in [3.63, 3.8) is 0 Å². The predicted octanol–water partition coefficient (Wildman–Crippen LogP) is 2.78. The van der Waals surface area contributed by atoms with Crippen molar-refractivity contribution in [3.05, 3.63) is 0 Å². The zero-order valence-corrected chi connectivity index (χ0v) is 21.5. The molecule has 1 saturated carbocycles. The van der Waals surface area contributed by atoms with Crippen LogP contribution in [0.1, 0.15) is 66.7 Å². The van der Waals surface area contributed by atoms with E-state index < -0.39 is 29.7 Å². The van der Waals surface area contributed by atoms with Gasteiger partial charge >= 0.3 is 12.1 Å². The van der Waals surface area contributed by atoms with Crippen LogP contribution in [-0.2, 0) is 19.1 Å². The van der Waals surface area contributed by atoms with Crippen molar-refractivity contribution in [1.82, 2.24) is 16.0 Å². The summed E-state index contributed by atoms with van der Waals surface area (Å²) < 4.78 is 5.26. The quantitative estimate of drug-likeness (QED) is 0.352. The summed E-state index contributed by atoms with van der Waals surface area (Å²) in [5, 5.41) is 17.6. The average molecular weight is 488 g/mol. The fourth-order valence-corrected chi connectivity index (χ4v) is 4.21. The standard InChI is InChI=1S/C23H41N3O6S/c1-14(2)18(26-22(31)32-23(3,4)5)20(28)24-13-15-7-9-16(10-8-15)19(27)25-17(21(29)30)11-12-33-6/h14-18H,7-13H2,1-6H3,(H,24,28)(H,25,27)(H,26,31)(H,29,30). The maximum absolute atomic E-state index is 12.7. The molecule has 33 heavy (non-hydrogen) atoms. The highest BCUT2D eigenvalue weighted by Gasteiger charge is 2.31. The number of alkyl carbamates (subject to hydrolysis) is 1. The van der Waals surface area contributed by atoms with Crippen molar-refractivity contribution < 1.29 is 29.0 Å². The minimum Gasteiger partial charge on any atom is -0.480 e. The lowest BCUT2D eigenvalue weighted by atomic mass is 9.81. The Morgan fingerprint density at radius 2 is 1.67 bits per heavy atom. The van der Waals surface area contributed by atoms with Gasteiger partial charge in [0.05, 0.1) is 0 Å². The van der Waals surface area contributed by atoms with E-state index >= 15 is 0 Å². The van der Waals surface area contributed by atoms with Crippen LogP contribution < -0.4 is 16.0 Å². The number of hydrogen-bond donors (Lipinski definition) is 4. The second-order valence-corrected chi connectivity index (χ2v) is 11.0. The van der Waals surface area contributed by atoms with Gasteiger partial charge in [0.2, 0.25) is 11.8 Å². The van der Waals surface area contributed by atoms with Gasteiger partial charge in [0.1, 0.15) is 17.7 Å². The third-order valence-corrected chi connectivity index (χ3v) is 6.27. The Balaban J connectivity index is 2.48. The number of carbonyl (C=O) groups excluding carboxylic acids is 3. The number of hydrogen-bond acceptors (Lipinski definition) is 6. The Kier molecular flexibility index (Phi) is 12.0. The number of carboxylic acid groups (broad SMARTS) is 1. The topological polar surface area (TPSA) is 134 Å². The molecule has 3 amide bonds. The van der Waals surface area contributed by atoms with Crippen LogP contribution >= 0.6 is 11.8 Å². The molecule has 1 aliphatic carbocycles.